The van der Waals surface area contributed by atoms with Crippen LogP contribution in [0.3, 0.4) is 0 Å². The molecule has 4 heteroatoms. The molecule has 4 nitrogen and oxygen atoms in total. The predicted octanol–water partition coefficient (Wildman–Crippen LogP) is 2.60. The summed E-state index contributed by atoms with van der Waals surface area (Å²) in [4.78, 5) is 2.62. The number of nitrogens with zero attached hydrogens (tertiary/aromatic N) is 3. The number of nitrogens with two attached hydrogens (primary N) is 1. The lowest BCUT2D eigenvalue weighted by Gasteiger charge is -2.49. The molecule has 0 amide bonds. The maximum atomic E-state index is 5.95. The fourth-order valence-corrected chi connectivity index (χ4v) is 5.17. The molecule has 4 atom stereocenters. The van der Waals surface area contributed by atoms with Crippen molar-refractivity contribution in [3.8, 4) is 0 Å². The van der Waals surface area contributed by atoms with Gasteiger partial charge in [0, 0.05) is 43.7 Å². The molecule has 0 aromatic carbocycles. The second-order valence-electron chi connectivity index (χ2n) is 7.73. The number of piperidine rings is 3. The van der Waals surface area contributed by atoms with Gasteiger partial charge >= 0.3 is 0 Å². The van der Waals surface area contributed by atoms with Crippen LogP contribution in [-0.4, -0.2) is 40.4 Å². The average Bonchev–Trinajstić information content (AvgIpc) is 2.97. The van der Waals surface area contributed by atoms with Crippen molar-refractivity contribution in [2.75, 3.05) is 19.6 Å². The molecule has 122 valence electrons. The molecular formula is C18H30N4. The molecular weight excluding hydrogens is 272 g/mol. The van der Waals surface area contributed by atoms with E-state index in [1.807, 2.05) is 0 Å². The molecule has 3 aliphatic heterocycles. The molecule has 1 unspecified atom stereocenters. The molecule has 1 saturated carbocycles. The van der Waals surface area contributed by atoms with E-state index in [2.05, 4.69) is 22.7 Å². The number of rotatable bonds is 3. The molecule has 5 rings (SSSR count). The smallest absolute Gasteiger partial charge is 0.0658 e. The van der Waals surface area contributed by atoms with Crippen molar-refractivity contribution >= 4 is 0 Å². The minimum absolute atomic E-state index is 0.626. The first-order valence-corrected chi connectivity index (χ1v) is 9.24. The summed E-state index contributed by atoms with van der Waals surface area (Å²) in [6.07, 6.45) is 9.48. The zero-order valence-corrected chi connectivity index (χ0v) is 13.9. The number of aryl methyl sites for hydroxylation is 1. The monoisotopic (exact) mass is 302 g/mol. The third-order valence-electron chi connectivity index (χ3n) is 6.49. The maximum absolute atomic E-state index is 5.95. The quantitative estimate of drug-likeness (QED) is 0.933. The summed E-state index contributed by atoms with van der Waals surface area (Å²) in [5, 5.41) is 4.91. The predicted molar refractivity (Wildman–Crippen MR) is 88.9 cm³/mol. The van der Waals surface area contributed by atoms with Crippen LogP contribution < -0.4 is 5.73 Å². The molecule has 3 saturated heterocycles. The Morgan fingerprint density at radius 1 is 1.23 bits per heavy atom. The second-order valence-corrected chi connectivity index (χ2v) is 7.73. The van der Waals surface area contributed by atoms with E-state index in [1.165, 1.54) is 69.4 Å². The minimum Gasteiger partial charge on any atom is -0.329 e. The highest BCUT2D eigenvalue weighted by Gasteiger charge is 2.41. The van der Waals surface area contributed by atoms with Gasteiger partial charge in [0.15, 0.2) is 0 Å². The van der Waals surface area contributed by atoms with Crippen LogP contribution in [0.15, 0.2) is 6.07 Å². The van der Waals surface area contributed by atoms with Crippen molar-refractivity contribution in [3.05, 3.63) is 17.5 Å². The summed E-state index contributed by atoms with van der Waals surface area (Å²) in [6.45, 7) is 3.26. The van der Waals surface area contributed by atoms with Crippen LogP contribution in [0.5, 0.6) is 0 Å². The second kappa shape index (κ2) is 5.97. The van der Waals surface area contributed by atoms with Crippen LogP contribution in [0.2, 0.25) is 0 Å². The van der Waals surface area contributed by atoms with E-state index in [4.69, 9.17) is 10.8 Å². The first kappa shape index (κ1) is 14.7. The minimum atomic E-state index is 0.626. The van der Waals surface area contributed by atoms with Gasteiger partial charge in [-0.25, -0.2) is 0 Å². The summed E-state index contributed by atoms with van der Waals surface area (Å²) in [5.74, 6) is 2.20. The Kier molecular flexibility index (Phi) is 3.99. The fraction of sp³-hybridized carbons (Fsp3) is 0.833. The fourth-order valence-electron chi connectivity index (χ4n) is 5.17. The Balaban J connectivity index is 1.54. The summed E-state index contributed by atoms with van der Waals surface area (Å²) >= 11 is 0. The molecule has 0 spiro atoms. The number of hydrogen-bond donors (Lipinski definition) is 1. The van der Waals surface area contributed by atoms with Crippen LogP contribution >= 0.6 is 0 Å². The Hall–Kier alpha value is -0.870. The summed E-state index contributed by atoms with van der Waals surface area (Å²) < 4.78 is 2.19. The van der Waals surface area contributed by atoms with Crippen LogP contribution in [-0.2, 0) is 7.05 Å². The highest BCUT2D eigenvalue weighted by molar-refractivity contribution is 5.21. The maximum Gasteiger partial charge on any atom is 0.0658 e. The van der Waals surface area contributed by atoms with Crippen molar-refractivity contribution in [3.63, 3.8) is 0 Å². The van der Waals surface area contributed by atoms with Crippen molar-refractivity contribution in [2.24, 2.45) is 18.7 Å². The Morgan fingerprint density at radius 3 is 2.73 bits per heavy atom. The van der Waals surface area contributed by atoms with Gasteiger partial charge in [-0.1, -0.05) is 19.3 Å². The Bertz CT molecular complexity index is 517. The molecule has 22 heavy (non-hydrogen) atoms. The van der Waals surface area contributed by atoms with E-state index in [0.29, 0.717) is 17.9 Å². The Morgan fingerprint density at radius 2 is 2.05 bits per heavy atom. The van der Waals surface area contributed by atoms with Gasteiger partial charge in [0.25, 0.3) is 0 Å². The molecule has 0 radical (unpaired) electrons. The van der Waals surface area contributed by atoms with E-state index in [1.54, 1.807) is 0 Å². The lowest BCUT2D eigenvalue weighted by atomic mass is 9.74. The van der Waals surface area contributed by atoms with E-state index in [9.17, 15) is 0 Å². The van der Waals surface area contributed by atoms with Gasteiger partial charge in [-0.2, -0.15) is 5.10 Å². The molecule has 1 aliphatic carbocycles. The largest absolute Gasteiger partial charge is 0.329 e. The van der Waals surface area contributed by atoms with E-state index >= 15 is 0 Å². The number of hydrogen-bond acceptors (Lipinski definition) is 3. The summed E-state index contributed by atoms with van der Waals surface area (Å²) in [5.41, 5.74) is 8.79. The first-order chi connectivity index (χ1) is 10.8. The SMILES string of the molecule is Cn1nc(C2CCCCC2)cc1[C@@H]1CN2CC[C@H]1C[C@@H]2CN. The summed E-state index contributed by atoms with van der Waals surface area (Å²) in [6, 6.07) is 3.07. The van der Waals surface area contributed by atoms with Crippen LogP contribution in [0.1, 0.15) is 68.2 Å². The molecule has 1 aromatic heterocycles. The van der Waals surface area contributed by atoms with Gasteiger partial charge < -0.3 is 5.73 Å². The third-order valence-corrected chi connectivity index (χ3v) is 6.49. The van der Waals surface area contributed by atoms with Crippen molar-refractivity contribution in [1.29, 1.82) is 0 Å². The first-order valence-electron chi connectivity index (χ1n) is 9.24. The standard InChI is InChI=1S/C18H30N4/c1-21-18(10-17(20-21)13-5-3-2-4-6-13)16-12-22-8-7-14(16)9-15(22)11-19/h10,13-16H,2-9,11-12,19H2,1H3/t14-,15+,16+/m0/s1. The van der Waals surface area contributed by atoms with Gasteiger partial charge in [-0.15, -0.1) is 0 Å². The van der Waals surface area contributed by atoms with Crippen LogP contribution in [0.25, 0.3) is 0 Å². The Labute approximate surface area is 134 Å². The lowest BCUT2D eigenvalue weighted by molar-refractivity contribution is 0.0322. The third kappa shape index (κ3) is 2.50. The highest BCUT2D eigenvalue weighted by Crippen LogP contribution is 2.42. The van der Waals surface area contributed by atoms with Crippen LogP contribution in [0.4, 0.5) is 0 Å². The zero-order chi connectivity index (χ0) is 15.1. The van der Waals surface area contributed by atoms with E-state index in [0.717, 1.165) is 12.5 Å². The average molecular weight is 302 g/mol. The van der Waals surface area contributed by atoms with Crippen molar-refractivity contribution < 1.29 is 0 Å². The molecule has 4 aliphatic rings. The molecule has 2 bridgehead atoms. The van der Waals surface area contributed by atoms with Gasteiger partial charge in [-0.3, -0.25) is 9.58 Å². The molecule has 4 fully saturated rings. The number of fused-ring (bicyclic) bond motifs is 3. The molecule has 1 aromatic rings. The normalized spacial score (nSPS) is 35.9. The van der Waals surface area contributed by atoms with Crippen molar-refractivity contribution in [1.82, 2.24) is 14.7 Å². The van der Waals surface area contributed by atoms with Gasteiger partial charge in [0.2, 0.25) is 0 Å². The molecule has 4 heterocycles. The van der Waals surface area contributed by atoms with E-state index < -0.39 is 0 Å². The topological polar surface area (TPSA) is 47.1 Å². The highest BCUT2D eigenvalue weighted by atomic mass is 15.3. The summed E-state index contributed by atoms with van der Waals surface area (Å²) in [7, 11) is 2.15. The van der Waals surface area contributed by atoms with E-state index in [-0.39, 0.29) is 0 Å². The number of aromatic nitrogens is 2. The molecule has 2 N–H and O–H groups in total. The van der Waals surface area contributed by atoms with Gasteiger partial charge in [0.1, 0.15) is 0 Å². The van der Waals surface area contributed by atoms with Gasteiger partial charge in [-0.05, 0) is 44.2 Å². The zero-order valence-electron chi connectivity index (χ0n) is 13.9. The van der Waals surface area contributed by atoms with Crippen molar-refractivity contribution in [2.45, 2.75) is 62.8 Å². The lowest BCUT2D eigenvalue weighted by Crippen LogP contribution is -2.55. The van der Waals surface area contributed by atoms with Gasteiger partial charge in [0.05, 0.1) is 5.69 Å². The van der Waals surface area contributed by atoms with Crippen LogP contribution in [0, 0.1) is 5.92 Å².